The smallest absolute Gasteiger partial charge is 0.0831 e. The molecule has 5 rings (SSSR count). The first-order valence-electron chi connectivity index (χ1n) is 12.4. The van der Waals surface area contributed by atoms with Crippen LogP contribution in [0.1, 0.15) is 50.3 Å². The molecular formula is C33H36N4. The Balaban J connectivity index is 0.000000229. The summed E-state index contributed by atoms with van der Waals surface area (Å²) in [6.45, 7) is 9.14. The van der Waals surface area contributed by atoms with Crippen LogP contribution in [0.4, 0.5) is 0 Å². The van der Waals surface area contributed by atoms with Crippen LogP contribution >= 0.6 is 0 Å². The van der Waals surface area contributed by atoms with E-state index in [1.54, 1.807) is 5.57 Å². The van der Waals surface area contributed by atoms with Crippen LogP contribution in [-0.4, -0.2) is 12.0 Å². The molecule has 4 nitrogen and oxygen atoms in total. The van der Waals surface area contributed by atoms with E-state index < -0.39 is 0 Å². The summed E-state index contributed by atoms with van der Waals surface area (Å²) in [4.78, 5) is 0. The molecule has 1 aliphatic rings. The first kappa shape index (κ1) is 28.9. The van der Waals surface area contributed by atoms with Crippen molar-refractivity contribution >= 4 is 28.9 Å². The van der Waals surface area contributed by atoms with Gasteiger partial charge in [0.05, 0.1) is 12.0 Å². The van der Waals surface area contributed by atoms with Gasteiger partial charge in [-0.15, -0.1) is 0 Å². The summed E-state index contributed by atoms with van der Waals surface area (Å²) in [5.74, 6) is 1.22. The minimum atomic E-state index is 0.583. The lowest BCUT2D eigenvalue weighted by Gasteiger charge is -2.22. The van der Waals surface area contributed by atoms with E-state index >= 15 is 0 Å². The van der Waals surface area contributed by atoms with E-state index in [-0.39, 0.29) is 0 Å². The zero-order valence-corrected chi connectivity index (χ0v) is 22.1. The topological polar surface area (TPSA) is 95.4 Å². The van der Waals surface area contributed by atoms with E-state index in [1.807, 2.05) is 12.1 Å². The highest BCUT2D eigenvalue weighted by Crippen LogP contribution is 2.37. The van der Waals surface area contributed by atoms with Crippen LogP contribution in [0.2, 0.25) is 0 Å². The van der Waals surface area contributed by atoms with Gasteiger partial charge in [0.15, 0.2) is 0 Å². The minimum Gasteiger partial charge on any atom is -0.242 e. The Morgan fingerprint density at radius 1 is 0.595 bits per heavy atom. The summed E-state index contributed by atoms with van der Waals surface area (Å²) >= 11 is 0. The monoisotopic (exact) mass is 488 g/mol. The molecule has 0 saturated carbocycles. The molecule has 0 radical (unpaired) electrons. The Bertz CT molecular complexity index is 1320. The van der Waals surface area contributed by atoms with Gasteiger partial charge >= 0.3 is 0 Å². The highest BCUT2D eigenvalue weighted by Gasteiger charge is 2.17. The first-order chi connectivity index (χ1) is 17.9. The Hall–Kier alpha value is -4.36. The van der Waals surface area contributed by atoms with Crippen molar-refractivity contribution in [2.24, 2.45) is 5.92 Å². The molecule has 4 aromatic rings. The minimum absolute atomic E-state index is 0.583. The lowest BCUT2D eigenvalue weighted by molar-refractivity contribution is 0.747. The van der Waals surface area contributed by atoms with Gasteiger partial charge in [0, 0.05) is 0 Å². The maximum Gasteiger partial charge on any atom is 0.0831 e. The van der Waals surface area contributed by atoms with Crippen LogP contribution in [0.5, 0.6) is 0 Å². The summed E-state index contributed by atoms with van der Waals surface area (Å²) < 4.78 is 0. The van der Waals surface area contributed by atoms with Gasteiger partial charge in [0.2, 0.25) is 0 Å². The summed E-state index contributed by atoms with van der Waals surface area (Å²) in [7, 11) is 0. The highest BCUT2D eigenvalue weighted by molar-refractivity contribution is 5.97. The molecule has 0 fully saturated rings. The number of hydrogen-bond acceptors (Lipinski definition) is 4. The molecule has 0 aromatic heterocycles. The van der Waals surface area contributed by atoms with Gasteiger partial charge in [-0.1, -0.05) is 130 Å². The molecule has 0 amide bonds. The van der Waals surface area contributed by atoms with Crippen molar-refractivity contribution in [1.29, 1.82) is 21.6 Å². The van der Waals surface area contributed by atoms with Crippen molar-refractivity contribution in [2.75, 3.05) is 0 Å². The van der Waals surface area contributed by atoms with E-state index in [9.17, 15) is 0 Å². The summed E-state index contributed by atoms with van der Waals surface area (Å²) in [6, 6.07) is 34.7. The summed E-state index contributed by atoms with van der Waals surface area (Å²) in [5.41, 5.74) is 8.49. The number of hydrogen-bond donors (Lipinski definition) is 4. The average molecular weight is 489 g/mol. The molecule has 0 heterocycles. The Morgan fingerprint density at radius 2 is 1.11 bits per heavy atom. The molecule has 0 atom stereocenters. The Morgan fingerprint density at radius 3 is 1.57 bits per heavy atom. The molecule has 0 aliphatic heterocycles. The maximum atomic E-state index is 5.62. The molecule has 1 aliphatic carbocycles. The lowest BCUT2D eigenvalue weighted by Crippen LogP contribution is -2.05. The molecule has 37 heavy (non-hydrogen) atoms. The van der Waals surface area contributed by atoms with Crippen molar-refractivity contribution in [3.05, 3.63) is 113 Å². The van der Waals surface area contributed by atoms with Crippen LogP contribution in [0.15, 0.2) is 96.6 Å². The second-order valence-corrected chi connectivity index (χ2v) is 9.27. The van der Waals surface area contributed by atoms with Crippen molar-refractivity contribution in [3.8, 4) is 11.1 Å². The van der Waals surface area contributed by atoms with Gasteiger partial charge in [-0.3, -0.25) is 0 Å². The van der Waals surface area contributed by atoms with Crippen molar-refractivity contribution < 1.29 is 0 Å². The van der Waals surface area contributed by atoms with E-state index in [4.69, 9.17) is 21.6 Å². The molecular weight excluding hydrogens is 452 g/mol. The van der Waals surface area contributed by atoms with Crippen molar-refractivity contribution in [3.63, 3.8) is 0 Å². The van der Waals surface area contributed by atoms with Gasteiger partial charge in [-0.25, -0.2) is 21.6 Å². The lowest BCUT2D eigenvalue weighted by atomic mass is 9.82. The molecule has 4 aromatic carbocycles. The third kappa shape index (κ3) is 8.08. The van der Waals surface area contributed by atoms with Crippen LogP contribution in [0, 0.1) is 27.6 Å². The van der Waals surface area contributed by atoms with Gasteiger partial charge in [0.25, 0.3) is 0 Å². The van der Waals surface area contributed by atoms with Crippen LogP contribution < -0.4 is 0 Å². The Kier molecular flexibility index (Phi) is 11.6. The van der Waals surface area contributed by atoms with E-state index in [2.05, 4.69) is 113 Å². The summed E-state index contributed by atoms with van der Waals surface area (Å²) in [6.07, 6.45) is 3.52. The quantitative estimate of drug-likeness (QED) is 0.207. The number of benzene rings is 4. The van der Waals surface area contributed by atoms with Crippen LogP contribution in [-0.2, 0) is 6.42 Å². The second kappa shape index (κ2) is 14.9. The fraction of sp³-hybridized carbons (Fsp3) is 0.212. The van der Waals surface area contributed by atoms with E-state index in [0.29, 0.717) is 11.8 Å². The normalized spacial score (nSPS) is 10.9. The number of allylic oxidation sites excluding steroid dienone is 1. The third-order valence-corrected chi connectivity index (χ3v) is 6.17. The third-order valence-electron chi connectivity index (χ3n) is 6.17. The van der Waals surface area contributed by atoms with Crippen molar-refractivity contribution in [2.45, 2.75) is 40.0 Å². The van der Waals surface area contributed by atoms with Crippen LogP contribution in [0.3, 0.4) is 0 Å². The van der Waals surface area contributed by atoms with Crippen molar-refractivity contribution in [1.82, 2.24) is 0 Å². The average Bonchev–Trinajstić information content (AvgIpc) is 2.91. The Labute approximate surface area is 220 Å². The molecule has 0 saturated heterocycles. The van der Waals surface area contributed by atoms with E-state index in [0.717, 1.165) is 6.42 Å². The molecule has 0 unspecified atom stereocenters. The molecule has 0 spiro atoms. The highest BCUT2D eigenvalue weighted by atomic mass is 14.4. The van der Waals surface area contributed by atoms with Gasteiger partial charge < -0.3 is 0 Å². The second-order valence-electron chi connectivity index (χ2n) is 9.27. The number of nitrogens with one attached hydrogen (secondary N) is 4. The van der Waals surface area contributed by atoms with Gasteiger partial charge in [-0.2, -0.15) is 0 Å². The fourth-order valence-corrected chi connectivity index (χ4v) is 4.41. The molecule has 4 N–H and O–H groups in total. The number of rotatable bonds is 3. The zero-order valence-electron chi connectivity index (χ0n) is 22.1. The van der Waals surface area contributed by atoms with Gasteiger partial charge in [0.1, 0.15) is 0 Å². The SMILES string of the molecule is CC(C)C1=Cc2ccc(C(C)C)c3cccc(c23)C1.N=C=N.N=C=N.c1ccc(-c2ccccc2)cc1. The predicted molar refractivity (Wildman–Crippen MR) is 157 cm³/mol. The molecule has 188 valence electrons. The standard InChI is InChI=1S/C19H22.C12H10.2CH2N2/c1-12(2)16-10-14-6-5-7-18-17(13(3)4)9-8-15(11-16)19(14)18;1-3-7-11(8-4-1)12-9-5-2-6-10-12;2*2-1-3/h5-9,11-13H,10H2,1-4H3;1-10H;2*2-3H. The predicted octanol–water partition coefficient (Wildman–Crippen LogP) is 9.55. The zero-order chi connectivity index (χ0) is 27.2. The largest absolute Gasteiger partial charge is 0.242 e. The molecule has 4 heteroatoms. The van der Waals surface area contributed by atoms with E-state index in [1.165, 1.54) is 50.6 Å². The van der Waals surface area contributed by atoms with Gasteiger partial charge in [-0.05, 0) is 56.8 Å². The first-order valence-corrected chi connectivity index (χ1v) is 12.4. The van der Waals surface area contributed by atoms with Crippen LogP contribution in [0.25, 0.3) is 28.0 Å². The molecule has 0 bridgehead atoms. The fourth-order valence-electron chi connectivity index (χ4n) is 4.41. The summed E-state index contributed by atoms with van der Waals surface area (Å²) in [5, 5.41) is 25.4. The maximum absolute atomic E-state index is 5.62.